The van der Waals surface area contributed by atoms with Gasteiger partial charge in [0.05, 0.1) is 27.9 Å². The van der Waals surface area contributed by atoms with E-state index in [2.05, 4.69) is 31.2 Å². The molecular weight excluding hydrogens is 467 g/mol. The predicted molar refractivity (Wildman–Crippen MR) is 114 cm³/mol. The van der Waals surface area contributed by atoms with Crippen LogP contribution in [0.2, 0.25) is 10.2 Å². The second-order valence-electron chi connectivity index (χ2n) is 6.93. The molecule has 2 aromatic heterocycles. The van der Waals surface area contributed by atoms with Gasteiger partial charge in [-0.2, -0.15) is 0 Å². The number of aromatic amines is 1. The highest BCUT2D eigenvalue weighted by atomic mass is 79.9. The minimum absolute atomic E-state index is 0.0624. The number of aromatic nitrogens is 3. The Balaban J connectivity index is 1.45. The van der Waals surface area contributed by atoms with Crippen LogP contribution in [0.3, 0.4) is 0 Å². The van der Waals surface area contributed by atoms with Gasteiger partial charge < -0.3 is 10.3 Å². The number of nitrogens with one attached hydrogen (secondary N) is 2. The van der Waals surface area contributed by atoms with E-state index in [1.165, 1.54) is 6.20 Å². The fourth-order valence-electron chi connectivity index (χ4n) is 3.81. The minimum atomic E-state index is -0.114. The lowest BCUT2D eigenvalue weighted by molar-refractivity contribution is -0.121. The van der Waals surface area contributed by atoms with Crippen molar-refractivity contribution in [1.29, 1.82) is 0 Å². The summed E-state index contributed by atoms with van der Waals surface area (Å²) in [6.07, 6.45) is 4.42. The number of carbonyl (C=O) groups is 1. The summed E-state index contributed by atoms with van der Waals surface area (Å²) in [7, 11) is 0. The van der Waals surface area contributed by atoms with Crippen LogP contribution in [0.25, 0.3) is 11.0 Å². The van der Waals surface area contributed by atoms with Gasteiger partial charge in [-0.3, -0.25) is 9.36 Å². The molecule has 0 radical (unpaired) electrons. The fraction of sp³-hybridized carbons (Fsp3) is 0.316. The van der Waals surface area contributed by atoms with Gasteiger partial charge in [0.2, 0.25) is 5.91 Å². The number of para-hydroxylation sites is 1. The number of rotatable bonds is 3. The molecule has 0 atom stereocenters. The Hall–Kier alpha value is -1.83. The Morgan fingerprint density at radius 2 is 2.00 bits per heavy atom. The number of benzene rings is 1. The van der Waals surface area contributed by atoms with Crippen molar-refractivity contribution in [3.63, 3.8) is 0 Å². The molecule has 0 saturated heterocycles. The van der Waals surface area contributed by atoms with Crippen molar-refractivity contribution in [2.24, 2.45) is 5.92 Å². The van der Waals surface area contributed by atoms with Crippen molar-refractivity contribution in [3.8, 4) is 0 Å². The van der Waals surface area contributed by atoms with Gasteiger partial charge in [-0.25, -0.2) is 9.78 Å². The molecule has 1 amide bonds. The third-order valence-corrected chi connectivity index (χ3v) is 6.55. The highest BCUT2D eigenvalue weighted by molar-refractivity contribution is 9.10. The number of halogens is 3. The van der Waals surface area contributed by atoms with E-state index < -0.39 is 0 Å². The summed E-state index contributed by atoms with van der Waals surface area (Å²) >= 11 is 15.2. The molecule has 0 bridgehead atoms. The number of nitrogens with zero attached hydrogens (tertiary/aromatic N) is 2. The average Bonchev–Trinajstić information content (AvgIpc) is 3.02. The van der Waals surface area contributed by atoms with Gasteiger partial charge in [0.15, 0.2) is 0 Å². The third-order valence-electron chi connectivity index (χ3n) is 5.20. The molecule has 1 saturated carbocycles. The number of H-pyrrole nitrogens is 1. The van der Waals surface area contributed by atoms with Crippen LogP contribution in [0.1, 0.15) is 31.7 Å². The van der Waals surface area contributed by atoms with E-state index in [0.29, 0.717) is 23.6 Å². The van der Waals surface area contributed by atoms with E-state index in [0.717, 1.165) is 28.3 Å². The first kappa shape index (κ1) is 19.5. The van der Waals surface area contributed by atoms with Gasteiger partial charge in [0, 0.05) is 16.4 Å². The number of pyridine rings is 1. The van der Waals surface area contributed by atoms with E-state index in [4.69, 9.17) is 23.2 Å². The Labute approximate surface area is 179 Å². The predicted octanol–water partition coefficient (Wildman–Crippen LogP) is 5.16. The van der Waals surface area contributed by atoms with E-state index in [-0.39, 0.29) is 28.7 Å². The SMILES string of the molecule is O=C(Nc1cnc(Cl)c(Cl)c1)C1CCC(n2c(=O)[nH]c3c(Br)cccc32)CC1. The molecule has 9 heteroatoms. The molecule has 146 valence electrons. The van der Waals surface area contributed by atoms with Crippen molar-refractivity contribution in [2.75, 3.05) is 5.32 Å². The number of hydrogen-bond acceptors (Lipinski definition) is 3. The molecule has 0 spiro atoms. The molecule has 0 unspecified atom stereocenters. The molecule has 4 rings (SSSR count). The second-order valence-corrected chi connectivity index (χ2v) is 8.54. The number of hydrogen-bond donors (Lipinski definition) is 2. The van der Waals surface area contributed by atoms with Crippen molar-refractivity contribution >= 4 is 61.8 Å². The number of fused-ring (bicyclic) bond motifs is 1. The number of amides is 1. The van der Waals surface area contributed by atoms with E-state index in [1.54, 1.807) is 6.07 Å². The lowest BCUT2D eigenvalue weighted by Crippen LogP contribution is -2.31. The zero-order valence-corrected chi connectivity index (χ0v) is 17.8. The molecule has 1 fully saturated rings. The van der Waals surface area contributed by atoms with Crippen LogP contribution >= 0.6 is 39.1 Å². The Morgan fingerprint density at radius 3 is 2.71 bits per heavy atom. The smallest absolute Gasteiger partial charge is 0.324 e. The lowest BCUT2D eigenvalue weighted by atomic mass is 9.85. The Morgan fingerprint density at radius 1 is 1.25 bits per heavy atom. The van der Waals surface area contributed by atoms with E-state index in [9.17, 15) is 9.59 Å². The van der Waals surface area contributed by atoms with Gasteiger partial charge in [0.1, 0.15) is 5.15 Å². The highest BCUT2D eigenvalue weighted by Gasteiger charge is 2.29. The second kappa shape index (κ2) is 7.89. The first-order valence-corrected chi connectivity index (χ1v) is 10.5. The molecule has 3 aromatic rings. The summed E-state index contributed by atoms with van der Waals surface area (Å²) in [6.45, 7) is 0. The average molecular weight is 484 g/mol. The largest absolute Gasteiger partial charge is 0.326 e. The number of imidazole rings is 1. The topological polar surface area (TPSA) is 79.8 Å². The molecule has 1 aliphatic rings. The van der Waals surface area contributed by atoms with Gasteiger partial charge >= 0.3 is 5.69 Å². The first-order chi connectivity index (χ1) is 13.4. The number of carbonyl (C=O) groups excluding carboxylic acids is 1. The van der Waals surface area contributed by atoms with Crippen molar-refractivity contribution in [1.82, 2.24) is 14.5 Å². The summed E-state index contributed by atoms with van der Waals surface area (Å²) in [5, 5.41) is 3.36. The van der Waals surface area contributed by atoms with Gasteiger partial charge in [-0.1, -0.05) is 29.3 Å². The molecule has 1 aromatic carbocycles. The van der Waals surface area contributed by atoms with Crippen LogP contribution in [-0.2, 0) is 4.79 Å². The molecule has 6 nitrogen and oxygen atoms in total. The first-order valence-electron chi connectivity index (χ1n) is 8.94. The molecule has 0 aliphatic heterocycles. The Bertz CT molecular complexity index is 1100. The van der Waals surface area contributed by atoms with Crippen LogP contribution in [0.4, 0.5) is 5.69 Å². The van der Waals surface area contributed by atoms with Crippen molar-refractivity contribution in [2.45, 2.75) is 31.7 Å². The standard InChI is InChI=1S/C19H17BrCl2N4O2/c20-13-2-1-3-15-16(13)25-19(28)26(15)12-6-4-10(5-7-12)18(27)24-11-8-14(21)17(22)23-9-11/h1-3,8-10,12H,4-7H2,(H,24,27)(H,25,28). The van der Waals surface area contributed by atoms with Gasteiger partial charge in [-0.05, 0) is 59.8 Å². The van der Waals surface area contributed by atoms with E-state index in [1.807, 2.05) is 22.8 Å². The normalized spacial score (nSPS) is 19.7. The Kier molecular flexibility index (Phi) is 5.49. The van der Waals surface area contributed by atoms with Crippen molar-refractivity contribution < 1.29 is 4.79 Å². The summed E-state index contributed by atoms with van der Waals surface area (Å²) in [5.74, 6) is -0.175. The lowest BCUT2D eigenvalue weighted by Gasteiger charge is -2.28. The van der Waals surface area contributed by atoms with Gasteiger partial charge in [-0.15, -0.1) is 0 Å². The maximum Gasteiger partial charge on any atom is 0.326 e. The number of anilines is 1. The van der Waals surface area contributed by atoms with Crippen LogP contribution in [-0.4, -0.2) is 20.4 Å². The van der Waals surface area contributed by atoms with Crippen LogP contribution in [0.15, 0.2) is 39.7 Å². The molecular formula is C19H17BrCl2N4O2. The zero-order valence-electron chi connectivity index (χ0n) is 14.7. The van der Waals surface area contributed by atoms with E-state index >= 15 is 0 Å². The zero-order chi connectivity index (χ0) is 19.8. The molecule has 2 heterocycles. The third kappa shape index (κ3) is 3.71. The molecule has 1 aliphatic carbocycles. The quantitative estimate of drug-likeness (QED) is 0.504. The molecule has 28 heavy (non-hydrogen) atoms. The monoisotopic (exact) mass is 482 g/mol. The minimum Gasteiger partial charge on any atom is -0.324 e. The maximum absolute atomic E-state index is 12.6. The summed E-state index contributed by atoms with van der Waals surface area (Å²) in [4.78, 5) is 31.9. The highest BCUT2D eigenvalue weighted by Crippen LogP contribution is 2.34. The summed E-state index contributed by atoms with van der Waals surface area (Å²) < 4.78 is 2.68. The maximum atomic E-state index is 12.6. The van der Waals surface area contributed by atoms with Crippen LogP contribution < -0.4 is 11.0 Å². The van der Waals surface area contributed by atoms with Gasteiger partial charge in [0.25, 0.3) is 0 Å². The van der Waals surface area contributed by atoms with Crippen LogP contribution in [0, 0.1) is 5.92 Å². The fourth-order valence-corrected chi connectivity index (χ4v) is 4.53. The van der Waals surface area contributed by atoms with Crippen molar-refractivity contribution in [3.05, 3.63) is 55.6 Å². The summed E-state index contributed by atoms with van der Waals surface area (Å²) in [5.41, 5.74) is 2.10. The van der Waals surface area contributed by atoms with Crippen LogP contribution in [0.5, 0.6) is 0 Å². The molecule has 2 N–H and O–H groups in total. The summed E-state index contributed by atoms with van der Waals surface area (Å²) in [6, 6.07) is 7.42.